The van der Waals surface area contributed by atoms with Gasteiger partial charge in [0.2, 0.25) is 0 Å². The van der Waals surface area contributed by atoms with Crippen LogP contribution in [0.15, 0.2) is 82.6 Å². The van der Waals surface area contributed by atoms with Crippen molar-refractivity contribution in [2.45, 2.75) is 20.8 Å². The molecule has 12 heteroatoms. The fourth-order valence-electron chi connectivity index (χ4n) is 3.72. The van der Waals surface area contributed by atoms with Crippen LogP contribution >= 0.6 is 0 Å². The Bertz CT molecular complexity index is 1530. The molecule has 0 saturated heterocycles. The zero-order valence-electron chi connectivity index (χ0n) is 16.6. The third-order valence-electron chi connectivity index (χ3n) is 5.22. The summed E-state index contributed by atoms with van der Waals surface area (Å²) in [5.41, 5.74) is -13.2. The molecular weight excluding hydrogens is 506 g/mol. The summed E-state index contributed by atoms with van der Waals surface area (Å²) in [7, 11) is -12.2. The number of sulfone groups is 2. The Morgan fingerprint density at radius 3 is 1.12 bits per heavy atom. The molecule has 0 spiro atoms. The average Bonchev–Trinajstić information content (AvgIpc) is 2.76. The number of rotatable bonds is 3. The molecule has 0 aliphatic carbocycles. The molecular formula is C22H12F6O4S2. The highest BCUT2D eigenvalue weighted by Crippen LogP contribution is 2.47. The summed E-state index contributed by atoms with van der Waals surface area (Å²) < 4.78 is 131. The van der Waals surface area contributed by atoms with Crippen molar-refractivity contribution in [2.75, 3.05) is 0 Å². The molecule has 0 atom stereocenters. The fourth-order valence-corrected chi connectivity index (χ4v) is 5.67. The molecule has 0 heterocycles. The lowest BCUT2D eigenvalue weighted by Gasteiger charge is -2.20. The largest absolute Gasteiger partial charge is 0.501 e. The molecule has 0 N–H and O–H groups in total. The van der Waals surface area contributed by atoms with Crippen molar-refractivity contribution in [3.8, 4) is 11.1 Å². The highest BCUT2D eigenvalue weighted by Gasteiger charge is 2.51. The van der Waals surface area contributed by atoms with E-state index in [1.165, 1.54) is 48.5 Å². The molecule has 178 valence electrons. The second-order valence-corrected chi connectivity index (χ2v) is 11.0. The van der Waals surface area contributed by atoms with E-state index >= 15 is 0 Å². The quantitative estimate of drug-likeness (QED) is 0.301. The Kier molecular flexibility index (Phi) is 5.44. The van der Waals surface area contributed by atoms with Crippen molar-refractivity contribution in [2.24, 2.45) is 0 Å². The topological polar surface area (TPSA) is 68.3 Å². The minimum Gasteiger partial charge on any atom is -0.214 e. The first-order valence-electron chi connectivity index (χ1n) is 9.34. The number of benzene rings is 4. The molecule has 0 fully saturated rings. The van der Waals surface area contributed by atoms with Crippen molar-refractivity contribution < 1.29 is 43.2 Å². The van der Waals surface area contributed by atoms with Gasteiger partial charge in [-0.25, -0.2) is 16.8 Å². The van der Waals surface area contributed by atoms with Crippen LogP contribution in [-0.4, -0.2) is 27.9 Å². The highest BCUT2D eigenvalue weighted by atomic mass is 32.2. The van der Waals surface area contributed by atoms with Crippen molar-refractivity contribution in [3.63, 3.8) is 0 Å². The van der Waals surface area contributed by atoms with Gasteiger partial charge in [0.15, 0.2) is 0 Å². The van der Waals surface area contributed by atoms with Gasteiger partial charge in [0.1, 0.15) is 0 Å². The van der Waals surface area contributed by atoms with E-state index in [-0.39, 0.29) is 21.5 Å². The van der Waals surface area contributed by atoms with Crippen LogP contribution in [0.3, 0.4) is 0 Å². The van der Waals surface area contributed by atoms with Crippen LogP contribution < -0.4 is 0 Å². The Morgan fingerprint density at radius 2 is 0.794 bits per heavy atom. The number of alkyl halides is 6. The number of halogens is 6. The minimum absolute atomic E-state index is 0.164. The minimum atomic E-state index is -6.09. The maximum Gasteiger partial charge on any atom is 0.501 e. The molecule has 0 bridgehead atoms. The van der Waals surface area contributed by atoms with Gasteiger partial charge >= 0.3 is 11.0 Å². The second-order valence-electron chi connectivity index (χ2n) is 7.22. The summed E-state index contributed by atoms with van der Waals surface area (Å²) >= 11 is 0. The maximum atomic E-state index is 13.6. The molecule has 0 saturated carbocycles. The van der Waals surface area contributed by atoms with Gasteiger partial charge in [-0.3, -0.25) is 0 Å². The standard InChI is InChI=1S/C22H12F6O4S2/c23-21(24,25)33(29,30)17-11-9-13-5-1-3-7-15(13)19(17)20-16-8-4-2-6-14(16)10-12-18(20)34(31,32)22(26,27)28/h1-12H. The summed E-state index contributed by atoms with van der Waals surface area (Å²) in [6.45, 7) is 0. The average molecular weight is 518 g/mol. The van der Waals surface area contributed by atoms with Gasteiger partial charge < -0.3 is 0 Å². The van der Waals surface area contributed by atoms with E-state index in [2.05, 4.69) is 0 Å². The highest BCUT2D eigenvalue weighted by molar-refractivity contribution is 7.93. The van der Waals surface area contributed by atoms with Gasteiger partial charge in [-0.1, -0.05) is 60.7 Å². The Hall–Kier alpha value is -3.12. The van der Waals surface area contributed by atoms with E-state index in [0.717, 1.165) is 12.1 Å². The van der Waals surface area contributed by atoms with Crippen LogP contribution in [0.5, 0.6) is 0 Å². The van der Waals surface area contributed by atoms with Crippen molar-refractivity contribution in [1.82, 2.24) is 0 Å². The first-order valence-corrected chi connectivity index (χ1v) is 12.3. The molecule has 0 aliphatic rings. The van der Waals surface area contributed by atoms with Crippen LogP contribution in [0, 0.1) is 0 Å². The van der Waals surface area contributed by atoms with Crippen LogP contribution in [0.2, 0.25) is 0 Å². The third-order valence-corrected chi connectivity index (χ3v) is 8.28. The summed E-state index contributed by atoms with van der Waals surface area (Å²) in [6.07, 6.45) is 0. The molecule has 4 aromatic rings. The van der Waals surface area contributed by atoms with E-state index in [1.54, 1.807) is 0 Å². The number of fused-ring (bicyclic) bond motifs is 2. The predicted octanol–water partition coefficient (Wildman–Crippen LogP) is 6.25. The predicted molar refractivity (Wildman–Crippen MR) is 113 cm³/mol. The van der Waals surface area contributed by atoms with Crippen molar-refractivity contribution in [1.29, 1.82) is 0 Å². The molecule has 34 heavy (non-hydrogen) atoms. The van der Waals surface area contributed by atoms with Crippen molar-refractivity contribution >= 4 is 41.2 Å². The molecule has 0 aliphatic heterocycles. The summed E-state index contributed by atoms with van der Waals surface area (Å²) in [5, 5.41) is 0.0643. The van der Waals surface area contributed by atoms with Gasteiger partial charge in [-0.05, 0) is 33.7 Å². The summed E-state index contributed by atoms with van der Waals surface area (Å²) in [6, 6.07) is 14.3. The van der Waals surface area contributed by atoms with Crippen molar-refractivity contribution in [3.05, 3.63) is 72.8 Å². The fraction of sp³-hybridized carbons (Fsp3) is 0.0909. The van der Waals surface area contributed by atoms with E-state index in [0.29, 0.717) is 12.1 Å². The number of hydrogen-bond acceptors (Lipinski definition) is 4. The Labute approximate surface area is 189 Å². The lowest BCUT2D eigenvalue weighted by molar-refractivity contribution is -0.0442. The Morgan fingerprint density at radius 1 is 0.471 bits per heavy atom. The summed E-state index contributed by atoms with van der Waals surface area (Å²) in [4.78, 5) is -2.71. The smallest absolute Gasteiger partial charge is 0.214 e. The van der Waals surface area contributed by atoms with Crippen LogP contribution in [0.4, 0.5) is 26.3 Å². The molecule has 0 unspecified atom stereocenters. The van der Waals surface area contributed by atoms with Gasteiger partial charge in [-0.15, -0.1) is 0 Å². The van der Waals surface area contributed by atoms with E-state index < -0.39 is 51.6 Å². The van der Waals surface area contributed by atoms with Crippen LogP contribution in [0.25, 0.3) is 32.7 Å². The van der Waals surface area contributed by atoms with E-state index in [4.69, 9.17) is 0 Å². The molecule has 0 aromatic heterocycles. The lowest BCUT2D eigenvalue weighted by atomic mass is 9.94. The zero-order chi connectivity index (χ0) is 25.1. The van der Waals surface area contributed by atoms with E-state index in [9.17, 15) is 43.2 Å². The normalized spacial score (nSPS) is 13.5. The van der Waals surface area contributed by atoms with Crippen LogP contribution in [-0.2, 0) is 19.7 Å². The maximum absolute atomic E-state index is 13.6. The molecule has 0 amide bonds. The second kappa shape index (κ2) is 7.70. The zero-order valence-corrected chi connectivity index (χ0v) is 18.3. The first-order chi connectivity index (χ1) is 15.7. The third kappa shape index (κ3) is 3.61. The van der Waals surface area contributed by atoms with Gasteiger partial charge in [0, 0.05) is 11.1 Å². The lowest BCUT2D eigenvalue weighted by Crippen LogP contribution is -2.25. The SMILES string of the molecule is O=S(=O)(c1ccc2ccccc2c1-c1c(S(=O)(=O)C(F)(F)F)ccc2ccccc12)C(F)(F)F. The van der Waals surface area contributed by atoms with Gasteiger partial charge in [0.25, 0.3) is 19.7 Å². The molecule has 4 rings (SSSR count). The van der Waals surface area contributed by atoms with Crippen LogP contribution in [0.1, 0.15) is 0 Å². The van der Waals surface area contributed by atoms with Gasteiger partial charge in [-0.2, -0.15) is 26.3 Å². The Balaban J connectivity index is 2.33. The van der Waals surface area contributed by atoms with Gasteiger partial charge in [0.05, 0.1) is 9.79 Å². The molecule has 0 radical (unpaired) electrons. The summed E-state index contributed by atoms with van der Waals surface area (Å²) in [5.74, 6) is 0. The molecule has 4 nitrogen and oxygen atoms in total. The monoisotopic (exact) mass is 518 g/mol. The molecule has 4 aromatic carbocycles. The van der Waals surface area contributed by atoms with E-state index in [1.807, 2.05) is 0 Å². The number of hydrogen-bond donors (Lipinski definition) is 0. The first kappa shape index (κ1) is 24.0.